The molecule has 4 heteroatoms. The lowest BCUT2D eigenvalue weighted by atomic mass is 9.82. The van der Waals surface area contributed by atoms with Gasteiger partial charge in [0.15, 0.2) is 5.78 Å². The predicted molar refractivity (Wildman–Crippen MR) is 76.4 cm³/mol. The highest BCUT2D eigenvalue weighted by Crippen LogP contribution is 2.43. The van der Waals surface area contributed by atoms with Gasteiger partial charge >= 0.3 is 0 Å². The van der Waals surface area contributed by atoms with Gasteiger partial charge in [0.25, 0.3) is 0 Å². The summed E-state index contributed by atoms with van der Waals surface area (Å²) in [7, 11) is 1.59. The molecule has 2 aromatic carbocycles. The van der Waals surface area contributed by atoms with Gasteiger partial charge in [0.05, 0.1) is 18.6 Å². The van der Waals surface area contributed by atoms with Crippen LogP contribution in [0.1, 0.15) is 21.8 Å². The molecular formula is C17H14O4. The van der Waals surface area contributed by atoms with Crippen molar-refractivity contribution in [2.45, 2.75) is 12.0 Å². The summed E-state index contributed by atoms with van der Waals surface area (Å²) >= 11 is 0. The van der Waals surface area contributed by atoms with Gasteiger partial charge in [-0.1, -0.05) is 18.2 Å². The SMILES string of the molecule is COc1ccc2c(c1)O[C@H]1COc3ccccc3[C@H]1C2=O. The van der Waals surface area contributed by atoms with Gasteiger partial charge in [-0.2, -0.15) is 0 Å². The quantitative estimate of drug-likeness (QED) is 0.807. The second-order valence-electron chi connectivity index (χ2n) is 5.21. The minimum absolute atomic E-state index is 0.0830. The van der Waals surface area contributed by atoms with Crippen LogP contribution in [0.15, 0.2) is 42.5 Å². The number of hydrogen-bond donors (Lipinski definition) is 0. The third-order valence-electron chi connectivity index (χ3n) is 4.04. The Balaban J connectivity index is 1.82. The molecule has 2 atom stereocenters. The number of ketones is 1. The summed E-state index contributed by atoms with van der Waals surface area (Å²) in [6.07, 6.45) is -0.285. The Bertz CT molecular complexity index is 722. The van der Waals surface area contributed by atoms with Crippen LogP contribution in [0.25, 0.3) is 0 Å². The second kappa shape index (κ2) is 4.52. The normalized spacial score (nSPS) is 22.2. The van der Waals surface area contributed by atoms with Gasteiger partial charge in [-0.25, -0.2) is 0 Å². The predicted octanol–water partition coefficient (Wildman–Crippen LogP) is 2.82. The van der Waals surface area contributed by atoms with Gasteiger partial charge in [0.1, 0.15) is 30.0 Å². The van der Waals surface area contributed by atoms with Crippen LogP contribution in [-0.4, -0.2) is 25.6 Å². The standard InChI is InChI=1S/C17H14O4/c1-19-10-6-7-12-14(8-10)21-15-9-20-13-5-3-2-4-11(13)16(15)17(12)18/h2-8,15-16H,9H2,1H3/t15-,16+/m0/s1. The highest BCUT2D eigenvalue weighted by atomic mass is 16.5. The Morgan fingerprint density at radius 2 is 2.00 bits per heavy atom. The van der Waals surface area contributed by atoms with E-state index >= 15 is 0 Å². The molecule has 2 aliphatic heterocycles. The first-order valence-electron chi connectivity index (χ1n) is 6.88. The summed E-state index contributed by atoms with van der Waals surface area (Å²) in [4.78, 5) is 12.8. The lowest BCUT2D eigenvalue weighted by Crippen LogP contribution is -2.42. The number of methoxy groups -OCH3 is 1. The molecule has 2 aromatic rings. The van der Waals surface area contributed by atoms with E-state index in [1.54, 1.807) is 25.3 Å². The van der Waals surface area contributed by atoms with Gasteiger partial charge in [-0.3, -0.25) is 4.79 Å². The fourth-order valence-electron chi connectivity index (χ4n) is 3.01. The van der Waals surface area contributed by atoms with E-state index in [0.29, 0.717) is 23.7 Å². The van der Waals surface area contributed by atoms with E-state index in [1.165, 1.54) is 0 Å². The number of Topliss-reactive ketones (excluding diaryl/α,β-unsaturated/α-hetero) is 1. The summed E-state index contributed by atoms with van der Waals surface area (Å²) in [5, 5.41) is 0. The minimum Gasteiger partial charge on any atom is -0.497 e. The number of hydrogen-bond acceptors (Lipinski definition) is 4. The molecule has 106 valence electrons. The first kappa shape index (κ1) is 12.3. The largest absolute Gasteiger partial charge is 0.497 e. The van der Waals surface area contributed by atoms with Crippen molar-refractivity contribution in [3.05, 3.63) is 53.6 Å². The Morgan fingerprint density at radius 1 is 1.14 bits per heavy atom. The van der Waals surface area contributed by atoms with Crippen LogP contribution in [-0.2, 0) is 0 Å². The molecule has 2 heterocycles. The highest BCUT2D eigenvalue weighted by Gasteiger charge is 2.42. The Hall–Kier alpha value is -2.49. The molecule has 4 nitrogen and oxygen atoms in total. The van der Waals surface area contributed by atoms with Crippen LogP contribution in [0.3, 0.4) is 0 Å². The molecule has 4 rings (SSSR count). The average Bonchev–Trinajstić information content (AvgIpc) is 2.54. The van der Waals surface area contributed by atoms with Gasteiger partial charge in [-0.15, -0.1) is 0 Å². The number of carbonyl (C=O) groups is 1. The fraction of sp³-hybridized carbons (Fsp3) is 0.235. The van der Waals surface area contributed by atoms with Crippen LogP contribution < -0.4 is 14.2 Å². The summed E-state index contributed by atoms with van der Waals surface area (Å²) < 4.78 is 16.9. The maximum atomic E-state index is 12.8. The van der Waals surface area contributed by atoms with Gasteiger partial charge in [-0.05, 0) is 18.2 Å². The number of carbonyl (C=O) groups excluding carboxylic acids is 1. The monoisotopic (exact) mass is 282 g/mol. The number of fused-ring (bicyclic) bond motifs is 4. The zero-order valence-electron chi connectivity index (χ0n) is 11.5. The van der Waals surface area contributed by atoms with E-state index in [4.69, 9.17) is 14.2 Å². The van der Waals surface area contributed by atoms with Crippen molar-refractivity contribution in [2.24, 2.45) is 0 Å². The number of benzene rings is 2. The molecule has 0 saturated heterocycles. The topological polar surface area (TPSA) is 44.8 Å². The van der Waals surface area contributed by atoms with E-state index in [0.717, 1.165) is 11.3 Å². The van der Waals surface area contributed by atoms with E-state index in [2.05, 4.69) is 0 Å². The molecule has 0 aliphatic carbocycles. The molecule has 0 aromatic heterocycles. The van der Waals surface area contributed by atoms with E-state index in [1.807, 2.05) is 24.3 Å². The lowest BCUT2D eigenvalue weighted by Gasteiger charge is -2.36. The van der Waals surface area contributed by atoms with Crippen molar-refractivity contribution >= 4 is 5.78 Å². The smallest absolute Gasteiger partial charge is 0.178 e. The van der Waals surface area contributed by atoms with Crippen LogP contribution in [0.2, 0.25) is 0 Å². The summed E-state index contributed by atoms with van der Waals surface area (Å²) in [6, 6.07) is 13.0. The zero-order chi connectivity index (χ0) is 14.4. The lowest BCUT2D eigenvalue weighted by molar-refractivity contribution is 0.0559. The molecule has 0 fully saturated rings. The second-order valence-corrected chi connectivity index (χ2v) is 5.21. The molecule has 0 bridgehead atoms. The van der Waals surface area contributed by atoms with Crippen LogP contribution in [0.5, 0.6) is 17.2 Å². The molecule has 0 unspecified atom stereocenters. The molecule has 2 aliphatic rings. The van der Waals surface area contributed by atoms with Crippen molar-refractivity contribution in [3.8, 4) is 17.2 Å². The highest BCUT2D eigenvalue weighted by molar-refractivity contribution is 6.05. The first-order chi connectivity index (χ1) is 10.3. The molecular weight excluding hydrogens is 268 g/mol. The Kier molecular flexibility index (Phi) is 2.64. The van der Waals surface area contributed by atoms with Crippen LogP contribution in [0, 0.1) is 0 Å². The summed E-state index contributed by atoms with van der Waals surface area (Å²) in [5.74, 6) is 1.81. The summed E-state index contributed by atoms with van der Waals surface area (Å²) in [6.45, 7) is 0.379. The van der Waals surface area contributed by atoms with Gasteiger partial charge in [0, 0.05) is 11.6 Å². The van der Waals surface area contributed by atoms with Crippen molar-refractivity contribution in [1.82, 2.24) is 0 Å². The third kappa shape index (κ3) is 1.79. The van der Waals surface area contributed by atoms with Gasteiger partial charge < -0.3 is 14.2 Å². The molecule has 0 N–H and O–H groups in total. The van der Waals surface area contributed by atoms with Crippen molar-refractivity contribution in [3.63, 3.8) is 0 Å². The molecule has 0 amide bonds. The molecule has 0 saturated carbocycles. The van der Waals surface area contributed by atoms with Crippen LogP contribution >= 0.6 is 0 Å². The van der Waals surface area contributed by atoms with Crippen LogP contribution in [0.4, 0.5) is 0 Å². The minimum atomic E-state index is -0.296. The number of ether oxygens (including phenoxy) is 3. The zero-order valence-corrected chi connectivity index (χ0v) is 11.5. The number of para-hydroxylation sites is 1. The maximum Gasteiger partial charge on any atom is 0.178 e. The van der Waals surface area contributed by atoms with E-state index in [9.17, 15) is 4.79 Å². The molecule has 21 heavy (non-hydrogen) atoms. The molecule has 0 spiro atoms. The van der Waals surface area contributed by atoms with E-state index < -0.39 is 0 Å². The third-order valence-corrected chi connectivity index (χ3v) is 4.04. The Morgan fingerprint density at radius 3 is 2.86 bits per heavy atom. The fourth-order valence-corrected chi connectivity index (χ4v) is 3.01. The van der Waals surface area contributed by atoms with Crippen molar-refractivity contribution in [1.29, 1.82) is 0 Å². The summed E-state index contributed by atoms with van der Waals surface area (Å²) in [5.41, 5.74) is 1.51. The van der Waals surface area contributed by atoms with E-state index in [-0.39, 0.29) is 17.8 Å². The van der Waals surface area contributed by atoms with Crippen molar-refractivity contribution in [2.75, 3.05) is 13.7 Å². The Labute approximate surface area is 122 Å². The number of rotatable bonds is 1. The molecule has 0 radical (unpaired) electrons. The maximum absolute atomic E-state index is 12.8. The van der Waals surface area contributed by atoms with Crippen molar-refractivity contribution < 1.29 is 19.0 Å². The van der Waals surface area contributed by atoms with Gasteiger partial charge in [0.2, 0.25) is 0 Å². The average molecular weight is 282 g/mol. The first-order valence-corrected chi connectivity index (χ1v) is 6.88.